The molecule has 0 amide bonds. The quantitative estimate of drug-likeness (QED) is 0.857. The first kappa shape index (κ1) is 13.1. The predicted molar refractivity (Wildman–Crippen MR) is 82.8 cm³/mol. The molecule has 1 aliphatic rings. The van der Waals surface area contributed by atoms with Gasteiger partial charge in [-0.15, -0.1) is 0 Å². The van der Waals surface area contributed by atoms with Crippen molar-refractivity contribution < 1.29 is 4.42 Å². The zero-order valence-corrected chi connectivity index (χ0v) is 12.2. The minimum atomic E-state index is 0.399. The Hall–Kier alpha value is -1.88. The molecule has 1 aliphatic carbocycles. The van der Waals surface area contributed by atoms with Crippen molar-refractivity contribution >= 4 is 23.0 Å². The second-order valence-electron chi connectivity index (χ2n) is 5.13. The monoisotopic (exact) mass is 287 g/mol. The van der Waals surface area contributed by atoms with E-state index in [0.717, 1.165) is 22.7 Å². The van der Waals surface area contributed by atoms with E-state index in [9.17, 15) is 0 Å². The van der Waals surface area contributed by atoms with Gasteiger partial charge in [-0.3, -0.25) is 0 Å². The van der Waals surface area contributed by atoms with E-state index in [0.29, 0.717) is 17.6 Å². The molecular weight excluding hydrogens is 270 g/mol. The van der Waals surface area contributed by atoms with Crippen LogP contribution in [0, 0.1) is 6.92 Å². The number of aromatic nitrogens is 1. The van der Waals surface area contributed by atoms with Crippen molar-refractivity contribution in [1.29, 1.82) is 0 Å². The molecule has 4 nitrogen and oxygen atoms in total. The molecule has 20 heavy (non-hydrogen) atoms. The van der Waals surface area contributed by atoms with Gasteiger partial charge in [0.2, 0.25) is 0 Å². The summed E-state index contributed by atoms with van der Waals surface area (Å²) in [5, 5.41) is 0. The highest BCUT2D eigenvalue weighted by atomic mass is 32.1. The van der Waals surface area contributed by atoms with Crippen LogP contribution < -0.4 is 10.6 Å². The maximum Gasteiger partial charge on any atom is 0.139 e. The minimum absolute atomic E-state index is 0.399. The van der Waals surface area contributed by atoms with Gasteiger partial charge in [-0.1, -0.05) is 12.2 Å². The van der Waals surface area contributed by atoms with Crippen molar-refractivity contribution in [3.63, 3.8) is 0 Å². The molecule has 3 rings (SSSR count). The van der Waals surface area contributed by atoms with Crippen LogP contribution in [0.4, 0.5) is 5.82 Å². The molecule has 5 heteroatoms. The molecule has 0 aliphatic heterocycles. The highest BCUT2D eigenvalue weighted by Crippen LogP contribution is 2.34. The Kier molecular flexibility index (Phi) is 3.44. The molecule has 0 bridgehead atoms. The Bertz CT molecular complexity index is 620. The predicted octanol–water partition coefficient (Wildman–Crippen LogP) is 2.79. The van der Waals surface area contributed by atoms with Crippen LogP contribution in [-0.2, 0) is 6.54 Å². The average Bonchev–Trinajstić information content (AvgIpc) is 3.12. The van der Waals surface area contributed by atoms with E-state index in [1.165, 1.54) is 12.8 Å². The fourth-order valence-corrected chi connectivity index (χ4v) is 2.65. The lowest BCUT2D eigenvalue weighted by molar-refractivity contribution is 0.500. The fraction of sp³-hybridized carbons (Fsp3) is 0.333. The first-order valence-electron chi connectivity index (χ1n) is 6.71. The molecular formula is C15H17N3OS. The summed E-state index contributed by atoms with van der Waals surface area (Å²) in [4.78, 5) is 7.17. The molecule has 2 heterocycles. The van der Waals surface area contributed by atoms with Gasteiger partial charge in [0.15, 0.2) is 0 Å². The summed E-state index contributed by atoms with van der Waals surface area (Å²) in [5.41, 5.74) is 7.83. The maximum atomic E-state index is 5.89. The van der Waals surface area contributed by atoms with Gasteiger partial charge < -0.3 is 15.1 Å². The summed E-state index contributed by atoms with van der Waals surface area (Å²) in [7, 11) is 0. The van der Waals surface area contributed by atoms with E-state index < -0.39 is 0 Å². The molecule has 0 aromatic carbocycles. The van der Waals surface area contributed by atoms with E-state index in [-0.39, 0.29) is 0 Å². The van der Waals surface area contributed by atoms with Crippen LogP contribution in [0.1, 0.15) is 29.7 Å². The second-order valence-corrected chi connectivity index (χ2v) is 5.57. The molecule has 0 atom stereocenters. The van der Waals surface area contributed by atoms with Gasteiger partial charge in [0.05, 0.1) is 18.4 Å². The number of pyridine rings is 1. The molecule has 1 fully saturated rings. The zero-order chi connectivity index (χ0) is 14.1. The molecule has 0 spiro atoms. The summed E-state index contributed by atoms with van der Waals surface area (Å²) in [6.07, 6.45) is 5.85. The highest BCUT2D eigenvalue weighted by molar-refractivity contribution is 7.80. The van der Waals surface area contributed by atoms with Gasteiger partial charge in [-0.25, -0.2) is 4.98 Å². The number of furan rings is 1. The molecule has 2 aromatic heterocycles. The fourth-order valence-electron chi connectivity index (χ4n) is 2.40. The van der Waals surface area contributed by atoms with Crippen LogP contribution in [0.25, 0.3) is 0 Å². The number of thiocarbonyl (C=S) groups is 1. The standard InChI is InChI=1S/C15H17N3OS/c1-10-6-7-17-15(13(10)14(16)20)18(11-4-5-11)9-12-3-2-8-19-12/h2-3,6-8,11H,4-5,9H2,1H3,(H2,16,20). The average molecular weight is 287 g/mol. The Balaban J connectivity index is 1.99. The molecule has 0 saturated heterocycles. The Morgan fingerprint density at radius 3 is 2.90 bits per heavy atom. The van der Waals surface area contributed by atoms with Crippen LogP contribution >= 0.6 is 12.2 Å². The summed E-state index contributed by atoms with van der Waals surface area (Å²) >= 11 is 5.20. The van der Waals surface area contributed by atoms with Gasteiger partial charge in [0.1, 0.15) is 16.6 Å². The van der Waals surface area contributed by atoms with Crippen LogP contribution in [0.5, 0.6) is 0 Å². The van der Waals surface area contributed by atoms with Crippen molar-refractivity contribution in [1.82, 2.24) is 4.98 Å². The van der Waals surface area contributed by atoms with E-state index in [2.05, 4.69) is 9.88 Å². The lowest BCUT2D eigenvalue weighted by Crippen LogP contribution is -2.29. The third kappa shape index (κ3) is 2.54. The Labute approximate surface area is 123 Å². The summed E-state index contributed by atoms with van der Waals surface area (Å²) in [5.74, 6) is 1.80. The summed E-state index contributed by atoms with van der Waals surface area (Å²) in [6, 6.07) is 6.32. The molecule has 0 unspecified atom stereocenters. The molecule has 2 N–H and O–H groups in total. The van der Waals surface area contributed by atoms with Gasteiger partial charge in [-0.2, -0.15) is 0 Å². The minimum Gasteiger partial charge on any atom is -0.467 e. The van der Waals surface area contributed by atoms with Crippen LogP contribution in [0.2, 0.25) is 0 Å². The van der Waals surface area contributed by atoms with Crippen LogP contribution in [-0.4, -0.2) is 16.0 Å². The van der Waals surface area contributed by atoms with Crippen LogP contribution in [0.15, 0.2) is 35.1 Å². The van der Waals surface area contributed by atoms with E-state index in [4.69, 9.17) is 22.4 Å². The first-order chi connectivity index (χ1) is 9.66. The smallest absolute Gasteiger partial charge is 0.139 e. The van der Waals surface area contributed by atoms with Crippen molar-refractivity contribution in [2.75, 3.05) is 4.90 Å². The number of aryl methyl sites for hydroxylation is 1. The molecule has 104 valence electrons. The topological polar surface area (TPSA) is 55.3 Å². The molecule has 0 radical (unpaired) electrons. The number of rotatable bonds is 5. The normalized spacial score (nSPS) is 14.2. The third-order valence-corrected chi connectivity index (χ3v) is 3.76. The number of hydrogen-bond donors (Lipinski definition) is 1. The van der Waals surface area contributed by atoms with Crippen molar-refractivity contribution in [3.8, 4) is 0 Å². The summed E-state index contributed by atoms with van der Waals surface area (Å²) < 4.78 is 5.46. The summed E-state index contributed by atoms with van der Waals surface area (Å²) in [6.45, 7) is 2.71. The second kappa shape index (κ2) is 5.25. The van der Waals surface area contributed by atoms with Crippen molar-refractivity contribution in [3.05, 3.63) is 47.5 Å². The number of nitrogens with zero attached hydrogens (tertiary/aromatic N) is 2. The maximum absolute atomic E-state index is 5.89. The molecule has 1 saturated carbocycles. The molecule has 2 aromatic rings. The van der Waals surface area contributed by atoms with Gasteiger partial charge in [-0.05, 0) is 43.5 Å². The Morgan fingerprint density at radius 1 is 1.50 bits per heavy atom. The largest absolute Gasteiger partial charge is 0.467 e. The highest BCUT2D eigenvalue weighted by Gasteiger charge is 2.32. The van der Waals surface area contributed by atoms with E-state index in [1.54, 1.807) is 6.26 Å². The van der Waals surface area contributed by atoms with E-state index in [1.807, 2.05) is 31.3 Å². The van der Waals surface area contributed by atoms with Crippen LogP contribution in [0.3, 0.4) is 0 Å². The van der Waals surface area contributed by atoms with Gasteiger partial charge in [0, 0.05) is 12.2 Å². The van der Waals surface area contributed by atoms with Crippen molar-refractivity contribution in [2.24, 2.45) is 5.73 Å². The van der Waals surface area contributed by atoms with Gasteiger partial charge in [0.25, 0.3) is 0 Å². The SMILES string of the molecule is Cc1ccnc(N(Cc2ccco2)C2CC2)c1C(N)=S. The first-order valence-corrected chi connectivity index (χ1v) is 7.12. The zero-order valence-electron chi connectivity index (χ0n) is 11.4. The lowest BCUT2D eigenvalue weighted by Gasteiger charge is -2.25. The Morgan fingerprint density at radius 2 is 2.30 bits per heavy atom. The third-order valence-electron chi connectivity index (χ3n) is 3.55. The lowest BCUT2D eigenvalue weighted by atomic mass is 10.1. The van der Waals surface area contributed by atoms with E-state index >= 15 is 0 Å². The number of hydrogen-bond acceptors (Lipinski definition) is 4. The van der Waals surface area contributed by atoms with Crippen molar-refractivity contribution in [2.45, 2.75) is 32.4 Å². The number of nitrogens with two attached hydrogens (primary N) is 1. The van der Waals surface area contributed by atoms with Gasteiger partial charge >= 0.3 is 0 Å². The number of anilines is 1.